The molecule has 170 valence electrons. The maximum atomic E-state index is 13.1. The molecule has 6 heteroatoms. The third-order valence-electron chi connectivity index (χ3n) is 6.28. The SMILES string of the molecule is COC(=O)c1c(C(=O)OC)c2ccc3ccc(OC)cc3c2c2c1ccc1ccc(OC)cc12. The molecule has 5 aromatic carbocycles. The highest BCUT2D eigenvalue weighted by atomic mass is 16.5. The minimum atomic E-state index is -0.611. The van der Waals surface area contributed by atoms with E-state index < -0.39 is 11.9 Å². The second-order valence-corrected chi connectivity index (χ2v) is 7.88. The average Bonchev–Trinajstić information content (AvgIpc) is 2.89. The predicted molar refractivity (Wildman–Crippen MR) is 132 cm³/mol. The highest BCUT2D eigenvalue weighted by Gasteiger charge is 2.27. The molecule has 0 fully saturated rings. The van der Waals surface area contributed by atoms with Gasteiger partial charge in [0.05, 0.1) is 39.6 Å². The van der Waals surface area contributed by atoms with Crippen molar-refractivity contribution >= 4 is 55.0 Å². The van der Waals surface area contributed by atoms with E-state index in [1.54, 1.807) is 14.2 Å². The van der Waals surface area contributed by atoms with Crippen LogP contribution in [-0.2, 0) is 9.47 Å². The zero-order valence-corrected chi connectivity index (χ0v) is 19.2. The number of benzene rings is 5. The Hall–Kier alpha value is -4.32. The molecule has 0 saturated heterocycles. The van der Waals surface area contributed by atoms with Gasteiger partial charge in [0, 0.05) is 0 Å². The van der Waals surface area contributed by atoms with Gasteiger partial charge in [-0.25, -0.2) is 9.59 Å². The molecule has 0 aliphatic heterocycles. The summed E-state index contributed by atoms with van der Waals surface area (Å²) in [5.74, 6) is 0.144. The zero-order valence-electron chi connectivity index (χ0n) is 19.2. The first-order valence-electron chi connectivity index (χ1n) is 10.7. The summed E-state index contributed by atoms with van der Waals surface area (Å²) in [6, 6.07) is 19.1. The van der Waals surface area contributed by atoms with Gasteiger partial charge in [-0.3, -0.25) is 0 Å². The number of carbonyl (C=O) groups is 2. The topological polar surface area (TPSA) is 71.1 Å². The van der Waals surface area contributed by atoms with E-state index in [0.29, 0.717) is 22.3 Å². The quantitative estimate of drug-likeness (QED) is 0.249. The molecule has 6 nitrogen and oxygen atoms in total. The van der Waals surface area contributed by atoms with Crippen molar-refractivity contribution in [1.82, 2.24) is 0 Å². The molecule has 0 amide bonds. The molecule has 0 spiro atoms. The van der Waals surface area contributed by atoms with Crippen molar-refractivity contribution < 1.29 is 28.5 Å². The number of methoxy groups -OCH3 is 4. The van der Waals surface area contributed by atoms with Crippen LogP contribution in [0.4, 0.5) is 0 Å². The van der Waals surface area contributed by atoms with Gasteiger partial charge in [-0.2, -0.15) is 0 Å². The fourth-order valence-corrected chi connectivity index (χ4v) is 4.70. The summed E-state index contributed by atoms with van der Waals surface area (Å²) < 4.78 is 21.2. The number of carbonyl (C=O) groups excluding carboxylic acids is 2. The average molecular weight is 454 g/mol. The van der Waals surface area contributed by atoms with Gasteiger partial charge in [0.25, 0.3) is 0 Å². The number of hydrogen-bond donors (Lipinski definition) is 0. The van der Waals surface area contributed by atoms with E-state index in [-0.39, 0.29) is 11.1 Å². The van der Waals surface area contributed by atoms with Crippen molar-refractivity contribution in [1.29, 1.82) is 0 Å². The lowest BCUT2D eigenvalue weighted by Gasteiger charge is -2.18. The number of ether oxygens (including phenoxy) is 4. The van der Waals surface area contributed by atoms with E-state index >= 15 is 0 Å². The Kier molecular flexibility index (Phi) is 5.21. The Morgan fingerprint density at radius 1 is 0.529 bits per heavy atom. The standard InChI is InChI=1S/C28H22O6/c1-31-17-9-5-15-7-11-19-23(21(15)13-17)24-20(26(28(30)34-4)25(19)27(29)33-3)12-8-16-6-10-18(32-2)14-22(16)24/h5-14H,1-4H3. The Bertz CT molecular complexity index is 1510. The molecule has 0 atom stereocenters. The Labute approximate surface area is 195 Å². The zero-order chi connectivity index (χ0) is 24.0. The van der Waals surface area contributed by atoms with Gasteiger partial charge < -0.3 is 18.9 Å². The first-order valence-corrected chi connectivity index (χ1v) is 10.7. The molecule has 0 heterocycles. The first-order chi connectivity index (χ1) is 16.5. The molecule has 0 saturated carbocycles. The highest BCUT2D eigenvalue weighted by Crippen LogP contribution is 2.42. The Morgan fingerprint density at radius 2 is 0.912 bits per heavy atom. The second kappa shape index (κ2) is 8.23. The summed E-state index contributed by atoms with van der Waals surface area (Å²) in [7, 11) is 5.82. The van der Waals surface area contributed by atoms with E-state index in [0.717, 1.165) is 32.3 Å². The van der Waals surface area contributed by atoms with Crippen LogP contribution >= 0.6 is 0 Å². The Balaban J connectivity index is 2.17. The summed E-state index contributed by atoms with van der Waals surface area (Å²) in [6.07, 6.45) is 0. The molecule has 0 aliphatic rings. The van der Waals surface area contributed by atoms with Crippen LogP contribution in [0.25, 0.3) is 43.1 Å². The molecule has 34 heavy (non-hydrogen) atoms. The molecule has 0 aromatic heterocycles. The van der Waals surface area contributed by atoms with Crippen LogP contribution in [0.5, 0.6) is 11.5 Å². The number of rotatable bonds is 4. The minimum absolute atomic E-state index is 0.170. The number of esters is 2. The van der Waals surface area contributed by atoms with Crippen LogP contribution in [0.15, 0.2) is 60.7 Å². The normalized spacial score (nSPS) is 11.2. The number of hydrogen-bond acceptors (Lipinski definition) is 6. The van der Waals surface area contributed by atoms with E-state index in [4.69, 9.17) is 18.9 Å². The number of fused-ring (bicyclic) bond motifs is 7. The third-order valence-corrected chi connectivity index (χ3v) is 6.28. The molecular weight excluding hydrogens is 432 g/mol. The smallest absolute Gasteiger partial charge is 0.339 e. The summed E-state index contributed by atoms with van der Waals surface area (Å²) in [5.41, 5.74) is 0.340. The van der Waals surface area contributed by atoms with Crippen LogP contribution in [0, 0.1) is 0 Å². The van der Waals surface area contributed by atoms with Crippen LogP contribution in [0.1, 0.15) is 20.7 Å². The van der Waals surface area contributed by atoms with E-state index in [1.165, 1.54) is 14.2 Å². The van der Waals surface area contributed by atoms with Gasteiger partial charge in [-0.05, 0) is 67.4 Å². The van der Waals surface area contributed by atoms with Crippen molar-refractivity contribution in [3.05, 3.63) is 71.8 Å². The van der Waals surface area contributed by atoms with Gasteiger partial charge in [0.1, 0.15) is 11.5 Å². The lowest BCUT2D eigenvalue weighted by molar-refractivity contribution is 0.0559. The van der Waals surface area contributed by atoms with Gasteiger partial charge in [-0.15, -0.1) is 0 Å². The molecule has 0 radical (unpaired) electrons. The fraction of sp³-hybridized carbons (Fsp3) is 0.143. The maximum Gasteiger partial charge on any atom is 0.339 e. The summed E-state index contributed by atoms with van der Waals surface area (Å²) in [6.45, 7) is 0. The summed E-state index contributed by atoms with van der Waals surface area (Å²) >= 11 is 0. The van der Waals surface area contributed by atoms with Gasteiger partial charge >= 0.3 is 11.9 Å². The second-order valence-electron chi connectivity index (χ2n) is 7.88. The maximum absolute atomic E-state index is 13.1. The lowest BCUT2D eigenvalue weighted by atomic mass is 9.86. The van der Waals surface area contributed by atoms with Crippen molar-refractivity contribution in [2.24, 2.45) is 0 Å². The van der Waals surface area contributed by atoms with Crippen molar-refractivity contribution in [2.45, 2.75) is 0 Å². The largest absolute Gasteiger partial charge is 0.497 e. The van der Waals surface area contributed by atoms with Crippen LogP contribution in [-0.4, -0.2) is 40.4 Å². The molecule has 0 unspecified atom stereocenters. The predicted octanol–water partition coefficient (Wildman–Crippen LogP) is 5.89. The molecule has 0 bridgehead atoms. The van der Waals surface area contributed by atoms with Crippen LogP contribution in [0.2, 0.25) is 0 Å². The minimum Gasteiger partial charge on any atom is -0.497 e. The molecular formula is C28H22O6. The fourth-order valence-electron chi connectivity index (χ4n) is 4.70. The molecule has 5 aromatic rings. The third kappa shape index (κ3) is 3.10. The molecule has 0 N–H and O–H groups in total. The van der Waals surface area contributed by atoms with Gasteiger partial charge in [0.15, 0.2) is 0 Å². The monoisotopic (exact) mass is 454 g/mol. The van der Waals surface area contributed by atoms with Crippen molar-refractivity contribution in [3.8, 4) is 11.5 Å². The van der Waals surface area contributed by atoms with Gasteiger partial charge in [-0.1, -0.05) is 36.4 Å². The van der Waals surface area contributed by atoms with E-state index in [9.17, 15) is 9.59 Å². The highest BCUT2D eigenvalue weighted by molar-refractivity contribution is 6.34. The van der Waals surface area contributed by atoms with Gasteiger partial charge in [0.2, 0.25) is 0 Å². The Morgan fingerprint density at radius 3 is 1.26 bits per heavy atom. The lowest BCUT2D eigenvalue weighted by Crippen LogP contribution is -2.13. The van der Waals surface area contributed by atoms with Crippen LogP contribution < -0.4 is 9.47 Å². The van der Waals surface area contributed by atoms with Crippen molar-refractivity contribution in [2.75, 3.05) is 28.4 Å². The van der Waals surface area contributed by atoms with E-state index in [2.05, 4.69) is 0 Å². The molecule has 0 aliphatic carbocycles. The van der Waals surface area contributed by atoms with E-state index in [1.807, 2.05) is 60.7 Å². The van der Waals surface area contributed by atoms with Crippen molar-refractivity contribution in [3.63, 3.8) is 0 Å². The summed E-state index contributed by atoms with van der Waals surface area (Å²) in [4.78, 5) is 26.1. The first kappa shape index (κ1) is 21.5. The molecule has 5 rings (SSSR count). The van der Waals surface area contributed by atoms with Crippen LogP contribution in [0.3, 0.4) is 0 Å². The summed E-state index contributed by atoms with van der Waals surface area (Å²) in [5, 5.41) is 6.54.